The normalized spacial score (nSPS) is 11.6. The van der Waals surface area contributed by atoms with Crippen molar-refractivity contribution in [1.29, 1.82) is 0 Å². The van der Waals surface area contributed by atoms with Crippen molar-refractivity contribution >= 4 is 44.7 Å². The van der Waals surface area contributed by atoms with Crippen LogP contribution in [0.5, 0.6) is 0 Å². The maximum Gasteiger partial charge on any atom is 0.171 e. The van der Waals surface area contributed by atoms with Crippen molar-refractivity contribution in [3.05, 3.63) is 181 Å². The lowest BCUT2D eigenvalue weighted by molar-refractivity contribution is 0.592. The number of rotatable bonds is 6. The molecule has 0 radical (unpaired) electrons. The summed E-state index contributed by atoms with van der Waals surface area (Å²) in [6, 6.07) is 58.2. The van der Waals surface area contributed by atoms with Gasteiger partial charge >= 0.3 is 0 Å². The monoisotopic (exact) mass is 635 g/mol. The molecule has 0 aliphatic carbocycles. The molecule has 2 nitrogen and oxygen atoms in total. The first-order valence-electron chi connectivity index (χ1n) is 16.3. The predicted molar refractivity (Wildman–Crippen MR) is 204 cm³/mol. The van der Waals surface area contributed by atoms with Gasteiger partial charge in [-0.2, -0.15) is 0 Å². The van der Waals surface area contributed by atoms with E-state index in [1.165, 1.54) is 27.6 Å². The Labute approximate surface area is 281 Å². The van der Waals surface area contributed by atoms with Crippen LogP contribution in [0.15, 0.2) is 170 Å². The minimum atomic E-state index is -3.05. The Kier molecular flexibility index (Phi) is 7.60. The maximum absolute atomic E-state index is 15.0. The number of aromatic nitrogens is 1. The van der Waals surface area contributed by atoms with E-state index in [1.54, 1.807) is 0 Å². The van der Waals surface area contributed by atoms with Crippen LogP contribution in [0.25, 0.3) is 55.2 Å². The van der Waals surface area contributed by atoms with E-state index in [9.17, 15) is 4.57 Å². The van der Waals surface area contributed by atoms with Crippen LogP contribution in [0.2, 0.25) is 0 Å². The van der Waals surface area contributed by atoms with Gasteiger partial charge < -0.3 is 4.57 Å². The molecule has 0 aliphatic rings. The molecule has 1 aromatic heterocycles. The number of pyridine rings is 1. The molecule has 0 amide bonds. The lowest BCUT2D eigenvalue weighted by Crippen LogP contribution is -2.24. The van der Waals surface area contributed by atoms with Gasteiger partial charge in [-0.25, -0.2) is 4.98 Å². The van der Waals surface area contributed by atoms with Crippen molar-refractivity contribution in [2.45, 2.75) is 13.8 Å². The fraction of sp³-hybridized carbons (Fsp3) is 0.0444. The Balaban J connectivity index is 1.23. The number of fused-ring (bicyclic) bond motifs is 2. The minimum Gasteiger partial charge on any atom is -0.309 e. The zero-order valence-electron chi connectivity index (χ0n) is 27.0. The van der Waals surface area contributed by atoms with E-state index in [0.717, 1.165) is 54.6 Å². The second-order valence-electron chi connectivity index (χ2n) is 12.4. The van der Waals surface area contributed by atoms with Crippen LogP contribution < -0.4 is 15.9 Å². The fourth-order valence-corrected chi connectivity index (χ4v) is 9.63. The lowest BCUT2D eigenvalue weighted by atomic mass is 9.89. The number of para-hydroxylation sites is 1. The van der Waals surface area contributed by atoms with Crippen molar-refractivity contribution in [1.82, 2.24) is 4.98 Å². The van der Waals surface area contributed by atoms with Gasteiger partial charge in [0.05, 0.1) is 11.2 Å². The summed E-state index contributed by atoms with van der Waals surface area (Å²) in [5.41, 5.74) is 10.2. The summed E-state index contributed by atoms with van der Waals surface area (Å²) in [6.45, 7) is 4.38. The minimum absolute atomic E-state index is 0.837. The van der Waals surface area contributed by atoms with Gasteiger partial charge in [0, 0.05) is 32.4 Å². The van der Waals surface area contributed by atoms with Crippen molar-refractivity contribution in [3.63, 3.8) is 0 Å². The number of nitrogens with zero attached hydrogens (tertiary/aromatic N) is 1. The average Bonchev–Trinajstić information content (AvgIpc) is 3.15. The number of benzene rings is 7. The molecule has 3 heteroatoms. The molecule has 0 bridgehead atoms. The van der Waals surface area contributed by atoms with Crippen LogP contribution in [0.3, 0.4) is 0 Å². The molecule has 1 heterocycles. The smallest absolute Gasteiger partial charge is 0.171 e. The Morgan fingerprint density at radius 3 is 1.83 bits per heavy atom. The molecule has 0 saturated carbocycles. The van der Waals surface area contributed by atoms with E-state index >= 15 is 0 Å². The zero-order chi connectivity index (χ0) is 32.7. The molecular weight excluding hydrogens is 601 g/mol. The summed E-state index contributed by atoms with van der Waals surface area (Å²) in [6.07, 6.45) is 0. The van der Waals surface area contributed by atoms with Crippen LogP contribution in [-0.4, -0.2) is 4.98 Å². The SMILES string of the molecule is Cc1ccccc1-c1c(-c2cccc(-c3ccc4cc(P(=O)(c5ccccc5)c5ccccc5)ccc4c3)c2)nc2ccccc2c1C. The van der Waals surface area contributed by atoms with Crippen molar-refractivity contribution < 1.29 is 4.57 Å². The zero-order valence-corrected chi connectivity index (χ0v) is 27.9. The van der Waals surface area contributed by atoms with Crippen LogP contribution in [0.4, 0.5) is 0 Å². The summed E-state index contributed by atoms with van der Waals surface area (Å²) in [7, 11) is -3.05. The van der Waals surface area contributed by atoms with Crippen LogP contribution in [-0.2, 0) is 4.57 Å². The Morgan fingerprint density at radius 1 is 0.479 bits per heavy atom. The molecule has 48 heavy (non-hydrogen) atoms. The summed E-state index contributed by atoms with van der Waals surface area (Å²) in [4.78, 5) is 5.26. The van der Waals surface area contributed by atoms with E-state index in [0.29, 0.717) is 0 Å². The second kappa shape index (κ2) is 12.2. The van der Waals surface area contributed by atoms with Crippen molar-refractivity contribution in [2.75, 3.05) is 0 Å². The lowest BCUT2D eigenvalue weighted by Gasteiger charge is -2.20. The first-order chi connectivity index (χ1) is 23.5. The summed E-state index contributed by atoms with van der Waals surface area (Å²) in [5.74, 6) is 0. The summed E-state index contributed by atoms with van der Waals surface area (Å²) >= 11 is 0. The highest BCUT2D eigenvalue weighted by molar-refractivity contribution is 7.85. The fourth-order valence-electron chi connectivity index (χ4n) is 6.95. The topological polar surface area (TPSA) is 30.0 Å². The molecule has 0 fully saturated rings. The maximum atomic E-state index is 15.0. The van der Waals surface area contributed by atoms with E-state index in [4.69, 9.17) is 4.98 Å². The first-order valence-corrected chi connectivity index (χ1v) is 18.0. The standard InChI is InChI=1S/C45H34NOP/c1-31-14-9-10-21-41(31)44-32(2)42-22-11-12-23-43(42)46-45(44)37-16-13-15-33(29-37)34-24-25-36-30-40(27-26-35(36)28-34)48(47,38-17-5-3-6-18-38)39-19-7-4-8-20-39/h3-30H,1-2H3. The van der Waals surface area contributed by atoms with Gasteiger partial charge in [0.25, 0.3) is 0 Å². The Bertz CT molecular complexity index is 2460. The third-order valence-corrected chi connectivity index (χ3v) is 12.5. The number of hydrogen-bond donors (Lipinski definition) is 0. The average molecular weight is 636 g/mol. The van der Waals surface area contributed by atoms with E-state index in [2.05, 4.69) is 117 Å². The Hall–Kier alpha value is -5.56. The largest absolute Gasteiger partial charge is 0.309 e. The van der Waals surface area contributed by atoms with Gasteiger partial charge in [-0.15, -0.1) is 0 Å². The first kappa shape index (κ1) is 29.8. The molecule has 8 rings (SSSR count). The highest BCUT2D eigenvalue weighted by atomic mass is 31.2. The third kappa shape index (κ3) is 5.16. The van der Waals surface area contributed by atoms with E-state index < -0.39 is 7.14 Å². The molecule has 0 unspecified atom stereocenters. The van der Waals surface area contributed by atoms with Crippen LogP contribution >= 0.6 is 7.14 Å². The quantitative estimate of drug-likeness (QED) is 0.170. The van der Waals surface area contributed by atoms with Gasteiger partial charge in [0.1, 0.15) is 0 Å². The van der Waals surface area contributed by atoms with Gasteiger partial charge in [-0.05, 0) is 76.7 Å². The molecule has 0 saturated heterocycles. The molecule has 8 aromatic rings. The highest BCUT2D eigenvalue weighted by Crippen LogP contribution is 2.43. The van der Waals surface area contributed by atoms with Crippen LogP contribution in [0.1, 0.15) is 11.1 Å². The Morgan fingerprint density at radius 2 is 1.08 bits per heavy atom. The molecule has 0 N–H and O–H groups in total. The highest BCUT2D eigenvalue weighted by Gasteiger charge is 2.29. The van der Waals surface area contributed by atoms with Gasteiger partial charge in [0.15, 0.2) is 7.14 Å². The van der Waals surface area contributed by atoms with E-state index in [-0.39, 0.29) is 0 Å². The second-order valence-corrected chi connectivity index (χ2v) is 15.2. The predicted octanol–water partition coefficient (Wildman–Crippen LogP) is 10.6. The molecule has 0 spiro atoms. The number of hydrogen-bond acceptors (Lipinski definition) is 2. The molecule has 0 atom stereocenters. The van der Waals surface area contributed by atoms with Crippen LogP contribution in [0, 0.1) is 13.8 Å². The van der Waals surface area contributed by atoms with Gasteiger partial charge in [-0.3, -0.25) is 0 Å². The molecule has 0 aliphatic heterocycles. The van der Waals surface area contributed by atoms with Crippen molar-refractivity contribution in [2.24, 2.45) is 0 Å². The molecule has 230 valence electrons. The summed E-state index contributed by atoms with van der Waals surface area (Å²) in [5, 5.41) is 5.86. The summed E-state index contributed by atoms with van der Waals surface area (Å²) < 4.78 is 15.0. The van der Waals surface area contributed by atoms with Gasteiger partial charge in [-0.1, -0.05) is 146 Å². The molecule has 7 aromatic carbocycles. The number of aryl methyl sites for hydroxylation is 2. The third-order valence-electron chi connectivity index (χ3n) is 9.46. The van der Waals surface area contributed by atoms with Gasteiger partial charge in [0.2, 0.25) is 0 Å². The van der Waals surface area contributed by atoms with Crippen molar-refractivity contribution in [3.8, 4) is 33.5 Å². The van der Waals surface area contributed by atoms with E-state index in [1.807, 2.05) is 66.7 Å². The molecular formula is C45H34NOP.